The van der Waals surface area contributed by atoms with Gasteiger partial charge in [-0.2, -0.15) is 0 Å². The first-order valence-electron chi connectivity index (χ1n) is 5.70. The van der Waals surface area contributed by atoms with E-state index in [1.54, 1.807) is 6.92 Å². The van der Waals surface area contributed by atoms with Crippen LogP contribution in [0.4, 0.5) is 0 Å². The second-order valence-corrected chi connectivity index (χ2v) is 4.25. The molecule has 16 heavy (non-hydrogen) atoms. The summed E-state index contributed by atoms with van der Waals surface area (Å²) in [6, 6.07) is -0.607. The topological polar surface area (TPSA) is 72.2 Å². The fourth-order valence-electron chi connectivity index (χ4n) is 1.37. The number of amides is 2. The molecule has 4 nitrogen and oxygen atoms in total. The molecule has 0 unspecified atom stereocenters. The van der Waals surface area contributed by atoms with E-state index in [1.165, 1.54) is 0 Å². The Morgan fingerprint density at radius 3 is 2.44 bits per heavy atom. The number of nitrogens with two attached hydrogens (primary N) is 1. The van der Waals surface area contributed by atoms with Gasteiger partial charge in [-0.1, -0.05) is 20.3 Å². The average molecular weight is 249 g/mol. The highest BCUT2D eigenvalue weighted by molar-refractivity contribution is 6.18. The van der Waals surface area contributed by atoms with Crippen LogP contribution in [0.5, 0.6) is 0 Å². The van der Waals surface area contributed by atoms with Crippen LogP contribution in [0, 0.1) is 5.92 Å². The predicted octanol–water partition coefficient (Wildman–Crippen LogP) is 1.41. The molecular weight excluding hydrogens is 228 g/mol. The Bertz CT molecular complexity index is 234. The number of hydrogen-bond acceptors (Lipinski definition) is 3. The zero-order valence-electron chi connectivity index (χ0n) is 9.96. The Labute approximate surface area is 102 Å². The lowest BCUT2D eigenvalue weighted by molar-refractivity contribution is -0.131. The quantitative estimate of drug-likeness (QED) is 0.669. The first kappa shape index (κ1) is 15.4. The summed E-state index contributed by atoms with van der Waals surface area (Å²) in [5.41, 5.74) is 5.50. The van der Waals surface area contributed by atoms with Crippen LogP contribution in [0.1, 0.15) is 39.5 Å². The van der Waals surface area contributed by atoms with Crippen LogP contribution in [0.2, 0.25) is 0 Å². The average Bonchev–Trinajstić information content (AvgIpc) is 2.27. The van der Waals surface area contributed by atoms with Crippen LogP contribution in [0.15, 0.2) is 0 Å². The minimum absolute atomic E-state index is 0.136. The lowest BCUT2D eigenvalue weighted by atomic mass is 10.0. The summed E-state index contributed by atoms with van der Waals surface area (Å²) in [5, 5.41) is 2.29. The maximum absolute atomic E-state index is 11.5. The third kappa shape index (κ3) is 6.08. The van der Waals surface area contributed by atoms with E-state index in [9.17, 15) is 9.59 Å². The van der Waals surface area contributed by atoms with Gasteiger partial charge in [0.15, 0.2) is 0 Å². The van der Waals surface area contributed by atoms with E-state index in [1.807, 2.05) is 6.92 Å². The van der Waals surface area contributed by atoms with Gasteiger partial charge in [0, 0.05) is 12.3 Å². The number of rotatable bonds is 7. The van der Waals surface area contributed by atoms with Crippen molar-refractivity contribution in [2.45, 2.75) is 45.6 Å². The molecule has 0 saturated carbocycles. The molecule has 0 aliphatic rings. The fourth-order valence-corrected chi connectivity index (χ4v) is 1.63. The second kappa shape index (κ2) is 8.53. The molecule has 0 bridgehead atoms. The number of imide groups is 1. The predicted molar refractivity (Wildman–Crippen MR) is 65.2 cm³/mol. The summed E-state index contributed by atoms with van der Waals surface area (Å²) in [4.78, 5) is 22.8. The zero-order chi connectivity index (χ0) is 12.6. The molecule has 0 spiro atoms. The lowest BCUT2D eigenvalue weighted by Crippen LogP contribution is -2.43. The molecule has 2 atom stereocenters. The van der Waals surface area contributed by atoms with E-state index in [4.69, 9.17) is 17.3 Å². The van der Waals surface area contributed by atoms with Crippen LogP contribution in [-0.2, 0) is 9.59 Å². The molecular formula is C11H21ClN2O2. The fraction of sp³-hybridized carbons (Fsp3) is 0.818. The van der Waals surface area contributed by atoms with Crippen molar-refractivity contribution < 1.29 is 9.59 Å². The minimum Gasteiger partial charge on any atom is -0.320 e. The number of carbonyl (C=O) groups is 2. The highest BCUT2D eigenvalue weighted by atomic mass is 35.5. The molecule has 2 amide bonds. The molecule has 0 aromatic carbocycles. The molecule has 0 fully saturated rings. The molecule has 0 saturated heterocycles. The molecule has 0 aromatic rings. The number of carbonyl (C=O) groups excluding carboxylic acids is 2. The zero-order valence-corrected chi connectivity index (χ0v) is 10.7. The SMILES string of the molecule is CCC[C@H](CCl)CC(=O)NC(=O)[C@H](N)CC. The molecule has 5 heteroatoms. The molecule has 0 aromatic heterocycles. The second-order valence-electron chi connectivity index (χ2n) is 3.94. The Morgan fingerprint density at radius 1 is 1.38 bits per heavy atom. The molecule has 94 valence electrons. The molecule has 0 radical (unpaired) electrons. The number of halogens is 1. The third-order valence-corrected chi connectivity index (χ3v) is 2.86. The van der Waals surface area contributed by atoms with Crippen molar-refractivity contribution in [1.82, 2.24) is 5.32 Å². The normalized spacial score (nSPS) is 14.2. The Morgan fingerprint density at radius 2 is 2.00 bits per heavy atom. The van der Waals surface area contributed by atoms with Crippen LogP contribution >= 0.6 is 11.6 Å². The lowest BCUT2D eigenvalue weighted by Gasteiger charge is -2.13. The summed E-state index contributed by atoms with van der Waals surface area (Å²) < 4.78 is 0. The van der Waals surface area contributed by atoms with Crippen molar-refractivity contribution in [1.29, 1.82) is 0 Å². The number of hydrogen-bond donors (Lipinski definition) is 2. The number of nitrogens with one attached hydrogen (secondary N) is 1. The third-order valence-electron chi connectivity index (χ3n) is 2.43. The number of alkyl halides is 1. The van der Waals surface area contributed by atoms with Gasteiger partial charge < -0.3 is 5.73 Å². The van der Waals surface area contributed by atoms with Crippen molar-refractivity contribution in [3.63, 3.8) is 0 Å². The summed E-state index contributed by atoms with van der Waals surface area (Å²) in [6.45, 7) is 3.84. The van der Waals surface area contributed by atoms with Crippen molar-refractivity contribution in [2.24, 2.45) is 11.7 Å². The van der Waals surface area contributed by atoms with E-state index >= 15 is 0 Å². The van der Waals surface area contributed by atoms with Crippen molar-refractivity contribution in [2.75, 3.05) is 5.88 Å². The maximum atomic E-state index is 11.5. The summed E-state index contributed by atoms with van der Waals surface area (Å²) in [7, 11) is 0. The first-order valence-corrected chi connectivity index (χ1v) is 6.23. The summed E-state index contributed by atoms with van der Waals surface area (Å²) in [6.07, 6.45) is 2.69. The van der Waals surface area contributed by atoms with Gasteiger partial charge in [-0.25, -0.2) is 0 Å². The van der Waals surface area contributed by atoms with E-state index < -0.39 is 11.9 Å². The molecule has 0 aliphatic carbocycles. The van der Waals surface area contributed by atoms with Gasteiger partial charge >= 0.3 is 0 Å². The van der Waals surface area contributed by atoms with Crippen molar-refractivity contribution in [3.05, 3.63) is 0 Å². The highest BCUT2D eigenvalue weighted by Crippen LogP contribution is 2.12. The van der Waals surface area contributed by atoms with Crippen LogP contribution < -0.4 is 11.1 Å². The standard InChI is InChI=1S/C11H21ClN2O2/c1-3-5-8(7-12)6-10(15)14-11(16)9(13)4-2/h8-9H,3-7,13H2,1-2H3,(H,14,15,16)/t8-,9+/m0/s1. The summed E-state index contributed by atoms with van der Waals surface area (Å²) in [5.74, 6) is -0.113. The van der Waals surface area contributed by atoms with Gasteiger partial charge in [-0.15, -0.1) is 11.6 Å². The van der Waals surface area contributed by atoms with Gasteiger partial charge in [-0.05, 0) is 18.8 Å². The monoisotopic (exact) mass is 248 g/mol. The van der Waals surface area contributed by atoms with Gasteiger partial charge in [0.25, 0.3) is 0 Å². The van der Waals surface area contributed by atoms with E-state index in [2.05, 4.69) is 5.32 Å². The van der Waals surface area contributed by atoms with Gasteiger partial charge in [-0.3, -0.25) is 14.9 Å². The van der Waals surface area contributed by atoms with Crippen LogP contribution in [-0.4, -0.2) is 23.7 Å². The van der Waals surface area contributed by atoms with Crippen molar-refractivity contribution in [3.8, 4) is 0 Å². The Hall–Kier alpha value is -0.610. The van der Waals surface area contributed by atoms with Crippen LogP contribution in [0.3, 0.4) is 0 Å². The van der Waals surface area contributed by atoms with Gasteiger partial charge in [0.05, 0.1) is 6.04 Å². The minimum atomic E-state index is -0.607. The van der Waals surface area contributed by atoms with E-state index in [0.29, 0.717) is 18.7 Å². The highest BCUT2D eigenvalue weighted by Gasteiger charge is 2.17. The van der Waals surface area contributed by atoms with Gasteiger partial charge in [0.1, 0.15) is 0 Å². The first-order chi connectivity index (χ1) is 7.54. The molecule has 3 N–H and O–H groups in total. The Balaban J connectivity index is 4.01. The molecule has 0 rings (SSSR count). The largest absolute Gasteiger partial charge is 0.320 e. The van der Waals surface area contributed by atoms with Gasteiger partial charge in [0.2, 0.25) is 11.8 Å². The van der Waals surface area contributed by atoms with E-state index in [0.717, 1.165) is 12.8 Å². The Kier molecular flexibility index (Phi) is 8.21. The molecule has 0 heterocycles. The van der Waals surface area contributed by atoms with Crippen molar-refractivity contribution >= 4 is 23.4 Å². The van der Waals surface area contributed by atoms with Crippen LogP contribution in [0.25, 0.3) is 0 Å². The summed E-state index contributed by atoms with van der Waals surface area (Å²) >= 11 is 5.73. The maximum Gasteiger partial charge on any atom is 0.243 e. The smallest absolute Gasteiger partial charge is 0.243 e. The van der Waals surface area contributed by atoms with E-state index in [-0.39, 0.29) is 11.8 Å². The molecule has 0 aliphatic heterocycles.